The zero-order valence-electron chi connectivity index (χ0n) is 10.1. The number of benzene rings is 2. The van der Waals surface area contributed by atoms with Gasteiger partial charge in [0.15, 0.2) is 0 Å². The van der Waals surface area contributed by atoms with Gasteiger partial charge in [0.05, 0.1) is 4.83 Å². The molecule has 1 aromatic heterocycles. The molecule has 0 nitrogen and oxygen atoms in total. The summed E-state index contributed by atoms with van der Waals surface area (Å²) in [5.41, 5.74) is 1.39. The molecule has 0 aliphatic heterocycles. The van der Waals surface area contributed by atoms with E-state index in [1.165, 1.54) is 25.7 Å². The van der Waals surface area contributed by atoms with Gasteiger partial charge in [-0.05, 0) is 50.1 Å². The molecule has 19 heavy (non-hydrogen) atoms. The molecule has 0 saturated carbocycles. The van der Waals surface area contributed by atoms with Crippen molar-refractivity contribution in [1.82, 2.24) is 0 Å². The number of hydrogen-bond donors (Lipinski definition) is 0. The number of rotatable bonds is 3. The molecule has 0 saturated heterocycles. The molecule has 1 unspecified atom stereocenters. The van der Waals surface area contributed by atoms with Crippen LogP contribution in [0.25, 0.3) is 10.8 Å². The van der Waals surface area contributed by atoms with E-state index in [-0.39, 0.29) is 0 Å². The van der Waals surface area contributed by atoms with Crippen LogP contribution in [0.3, 0.4) is 0 Å². The van der Waals surface area contributed by atoms with E-state index in [9.17, 15) is 0 Å². The molecule has 2 aromatic carbocycles. The van der Waals surface area contributed by atoms with Crippen LogP contribution >= 0.6 is 43.2 Å². The first-order valence-electron chi connectivity index (χ1n) is 6.09. The largest absolute Gasteiger partial charge is 0.147 e. The molecule has 0 radical (unpaired) electrons. The van der Waals surface area contributed by atoms with Gasteiger partial charge in [-0.1, -0.05) is 58.4 Å². The Balaban J connectivity index is 1.96. The van der Waals surface area contributed by atoms with Crippen LogP contribution in [0, 0.1) is 0 Å². The Morgan fingerprint density at radius 2 is 1.79 bits per heavy atom. The minimum absolute atomic E-state index is 0.354. The van der Waals surface area contributed by atoms with Crippen LogP contribution in [0.1, 0.15) is 15.3 Å². The Hall–Kier alpha value is -0.640. The zero-order valence-corrected chi connectivity index (χ0v) is 14.1. The van der Waals surface area contributed by atoms with Crippen molar-refractivity contribution < 1.29 is 0 Å². The third kappa shape index (κ3) is 2.78. The van der Waals surface area contributed by atoms with Gasteiger partial charge in [-0.2, -0.15) is 0 Å². The summed E-state index contributed by atoms with van der Waals surface area (Å²) in [6.07, 6.45) is 1.00. The normalized spacial score (nSPS) is 12.7. The SMILES string of the molecule is Brc1ccsc1C(Br)Cc1cccc2ccccc12. The van der Waals surface area contributed by atoms with E-state index >= 15 is 0 Å². The van der Waals surface area contributed by atoms with Crippen molar-refractivity contribution in [2.75, 3.05) is 0 Å². The van der Waals surface area contributed by atoms with Crippen LogP contribution in [0.4, 0.5) is 0 Å². The fourth-order valence-electron chi connectivity index (χ4n) is 2.29. The van der Waals surface area contributed by atoms with Crippen LogP contribution in [0.15, 0.2) is 58.4 Å². The number of fused-ring (bicyclic) bond motifs is 1. The molecule has 96 valence electrons. The number of thiophene rings is 1. The maximum Gasteiger partial charge on any atom is 0.0540 e. The monoisotopic (exact) mass is 394 g/mol. The Morgan fingerprint density at radius 1 is 1.00 bits per heavy atom. The van der Waals surface area contributed by atoms with E-state index < -0.39 is 0 Å². The molecular formula is C16H12Br2S. The lowest BCUT2D eigenvalue weighted by molar-refractivity contribution is 0.974. The predicted molar refractivity (Wildman–Crippen MR) is 91.3 cm³/mol. The molecule has 0 spiro atoms. The van der Waals surface area contributed by atoms with Crippen molar-refractivity contribution in [3.63, 3.8) is 0 Å². The van der Waals surface area contributed by atoms with Crippen LogP contribution < -0.4 is 0 Å². The van der Waals surface area contributed by atoms with Gasteiger partial charge in [0.1, 0.15) is 0 Å². The first-order valence-corrected chi connectivity index (χ1v) is 8.68. The van der Waals surface area contributed by atoms with E-state index in [0.717, 1.165) is 6.42 Å². The lowest BCUT2D eigenvalue weighted by Gasteiger charge is -2.11. The molecule has 1 atom stereocenters. The van der Waals surface area contributed by atoms with Crippen LogP contribution in [-0.4, -0.2) is 0 Å². The lowest BCUT2D eigenvalue weighted by atomic mass is 10.0. The molecule has 3 rings (SSSR count). The van der Waals surface area contributed by atoms with Crippen LogP contribution in [0.2, 0.25) is 0 Å². The highest BCUT2D eigenvalue weighted by Crippen LogP contribution is 2.37. The maximum absolute atomic E-state index is 3.82. The fourth-order valence-corrected chi connectivity index (χ4v) is 5.14. The van der Waals surface area contributed by atoms with Crippen LogP contribution in [-0.2, 0) is 6.42 Å². The average Bonchev–Trinajstić information content (AvgIpc) is 2.85. The number of halogens is 2. The molecule has 1 heterocycles. The van der Waals surface area contributed by atoms with Gasteiger partial charge in [-0.3, -0.25) is 0 Å². The molecule has 0 bridgehead atoms. The highest BCUT2D eigenvalue weighted by molar-refractivity contribution is 9.11. The van der Waals surface area contributed by atoms with Gasteiger partial charge in [0.25, 0.3) is 0 Å². The third-order valence-corrected chi connectivity index (χ3v) is 6.28. The molecule has 3 aromatic rings. The van der Waals surface area contributed by atoms with Gasteiger partial charge in [0.2, 0.25) is 0 Å². The summed E-state index contributed by atoms with van der Waals surface area (Å²) in [6, 6.07) is 17.2. The van der Waals surface area contributed by atoms with E-state index in [2.05, 4.69) is 85.8 Å². The first-order chi connectivity index (χ1) is 9.25. The molecular weight excluding hydrogens is 384 g/mol. The number of alkyl halides is 1. The average molecular weight is 396 g/mol. The Morgan fingerprint density at radius 3 is 2.58 bits per heavy atom. The standard InChI is InChI=1S/C16H12Br2S/c17-14-8-9-19-16(14)15(18)10-12-6-3-5-11-4-1-2-7-13(11)12/h1-9,15H,10H2. The maximum atomic E-state index is 3.82. The van der Waals surface area contributed by atoms with Crippen molar-refractivity contribution in [1.29, 1.82) is 0 Å². The topological polar surface area (TPSA) is 0 Å². The minimum Gasteiger partial charge on any atom is -0.147 e. The zero-order chi connectivity index (χ0) is 13.2. The fraction of sp³-hybridized carbons (Fsp3) is 0.125. The van der Waals surface area contributed by atoms with Gasteiger partial charge in [-0.25, -0.2) is 0 Å². The molecule has 0 N–H and O–H groups in total. The summed E-state index contributed by atoms with van der Waals surface area (Å²) in [4.78, 5) is 1.71. The highest BCUT2D eigenvalue weighted by Gasteiger charge is 2.14. The van der Waals surface area contributed by atoms with Crippen molar-refractivity contribution >= 4 is 54.0 Å². The molecule has 0 fully saturated rings. The van der Waals surface area contributed by atoms with Gasteiger partial charge < -0.3 is 0 Å². The summed E-state index contributed by atoms with van der Waals surface area (Å²) in [6.45, 7) is 0. The van der Waals surface area contributed by atoms with Gasteiger partial charge >= 0.3 is 0 Å². The van der Waals surface area contributed by atoms with Crippen molar-refractivity contribution in [3.8, 4) is 0 Å². The number of hydrogen-bond acceptors (Lipinski definition) is 1. The summed E-state index contributed by atoms with van der Waals surface area (Å²) in [7, 11) is 0. The summed E-state index contributed by atoms with van der Waals surface area (Å²) in [5.74, 6) is 0. The highest BCUT2D eigenvalue weighted by atomic mass is 79.9. The summed E-state index contributed by atoms with van der Waals surface area (Å²) in [5, 5.41) is 4.78. The Bertz CT molecular complexity index is 697. The van der Waals surface area contributed by atoms with Crippen LogP contribution in [0.5, 0.6) is 0 Å². The van der Waals surface area contributed by atoms with E-state index in [0.29, 0.717) is 4.83 Å². The second-order valence-corrected chi connectivity index (χ2v) is 7.35. The van der Waals surface area contributed by atoms with E-state index in [4.69, 9.17) is 0 Å². The third-order valence-electron chi connectivity index (χ3n) is 3.21. The quantitative estimate of drug-likeness (QED) is 0.453. The molecule has 3 heteroatoms. The first kappa shape index (κ1) is 13.3. The molecule has 0 amide bonds. The van der Waals surface area contributed by atoms with Crippen molar-refractivity contribution in [3.05, 3.63) is 68.8 Å². The van der Waals surface area contributed by atoms with Crippen molar-refractivity contribution in [2.45, 2.75) is 11.2 Å². The summed E-state index contributed by atoms with van der Waals surface area (Å²) >= 11 is 9.22. The lowest BCUT2D eigenvalue weighted by Crippen LogP contribution is -1.94. The van der Waals surface area contributed by atoms with E-state index in [1.807, 2.05) is 0 Å². The molecule has 0 aliphatic carbocycles. The Kier molecular flexibility index (Phi) is 4.06. The molecule has 0 aliphatic rings. The summed E-state index contributed by atoms with van der Waals surface area (Å²) < 4.78 is 1.19. The second kappa shape index (κ2) is 5.78. The second-order valence-electron chi connectivity index (χ2n) is 4.44. The minimum atomic E-state index is 0.354. The van der Waals surface area contributed by atoms with Gasteiger partial charge in [-0.15, -0.1) is 11.3 Å². The van der Waals surface area contributed by atoms with Gasteiger partial charge in [0, 0.05) is 9.35 Å². The van der Waals surface area contributed by atoms with Crippen molar-refractivity contribution in [2.24, 2.45) is 0 Å². The predicted octanol–water partition coefficient (Wildman–Crippen LogP) is 6.34. The smallest absolute Gasteiger partial charge is 0.0540 e. The Labute approximate surface area is 133 Å². The van der Waals surface area contributed by atoms with E-state index in [1.54, 1.807) is 11.3 Å².